The van der Waals surface area contributed by atoms with Crippen molar-refractivity contribution >= 4 is 15.9 Å². The Morgan fingerprint density at radius 2 is 1.61 bits per heavy atom. The molecule has 1 fully saturated rings. The van der Waals surface area contributed by atoms with E-state index in [2.05, 4.69) is 20.8 Å². The van der Waals surface area contributed by atoms with Crippen molar-refractivity contribution in [1.29, 1.82) is 0 Å². The van der Waals surface area contributed by atoms with Gasteiger partial charge in [-0.2, -0.15) is 0 Å². The van der Waals surface area contributed by atoms with Gasteiger partial charge < -0.3 is 9.47 Å². The van der Waals surface area contributed by atoms with E-state index in [1.807, 2.05) is 12.1 Å². The van der Waals surface area contributed by atoms with Gasteiger partial charge >= 0.3 is 0 Å². The van der Waals surface area contributed by atoms with Crippen molar-refractivity contribution < 1.29 is 9.47 Å². The van der Waals surface area contributed by atoms with Crippen molar-refractivity contribution in [2.75, 3.05) is 27.3 Å². The maximum absolute atomic E-state index is 5.47. The smallest absolute Gasteiger partial charge is 0.128 e. The van der Waals surface area contributed by atoms with Gasteiger partial charge in [0.1, 0.15) is 11.5 Å². The molecule has 18 heavy (non-hydrogen) atoms. The summed E-state index contributed by atoms with van der Waals surface area (Å²) in [5.41, 5.74) is 1.14. The van der Waals surface area contributed by atoms with Crippen molar-refractivity contribution in [3.8, 4) is 11.5 Å². The van der Waals surface area contributed by atoms with Gasteiger partial charge in [-0.15, -0.1) is 0 Å². The van der Waals surface area contributed by atoms with Crippen LogP contribution in [0.1, 0.15) is 24.8 Å². The summed E-state index contributed by atoms with van der Waals surface area (Å²) in [7, 11) is 3.42. The molecule has 2 rings (SSSR count). The molecular formula is C14H20BrNO2. The molecule has 0 saturated carbocycles. The Bertz CT molecular complexity index is 378. The van der Waals surface area contributed by atoms with Gasteiger partial charge in [0.25, 0.3) is 0 Å². The topological polar surface area (TPSA) is 21.7 Å². The lowest BCUT2D eigenvalue weighted by atomic mass is 10.1. The number of hydrogen-bond donors (Lipinski definition) is 0. The normalized spacial score (nSPS) is 16.6. The molecule has 1 aliphatic rings. The van der Waals surface area contributed by atoms with E-state index in [9.17, 15) is 0 Å². The molecule has 3 nitrogen and oxygen atoms in total. The number of likely N-dealkylation sites (tertiary alicyclic amines) is 1. The molecule has 0 N–H and O–H groups in total. The Hall–Kier alpha value is -0.740. The summed E-state index contributed by atoms with van der Waals surface area (Å²) < 4.78 is 11.9. The standard InChI is InChI=1S/C14H20BrNO2/c1-17-13-8-11(15)9-14(18-2)12(13)10-16-6-4-3-5-7-16/h8-9H,3-7,10H2,1-2H3. The summed E-state index contributed by atoms with van der Waals surface area (Å²) >= 11 is 3.48. The highest BCUT2D eigenvalue weighted by molar-refractivity contribution is 9.10. The average Bonchev–Trinajstić information content (AvgIpc) is 2.41. The van der Waals surface area contributed by atoms with Crippen LogP contribution >= 0.6 is 15.9 Å². The summed E-state index contributed by atoms with van der Waals surface area (Å²) in [5.74, 6) is 1.79. The highest BCUT2D eigenvalue weighted by Crippen LogP contribution is 2.34. The number of rotatable bonds is 4. The minimum absolute atomic E-state index is 0.895. The summed E-state index contributed by atoms with van der Waals surface area (Å²) in [6.07, 6.45) is 3.94. The second-order valence-corrected chi connectivity index (χ2v) is 5.54. The van der Waals surface area contributed by atoms with Crippen molar-refractivity contribution in [3.05, 3.63) is 22.2 Å². The predicted octanol–water partition coefficient (Wildman–Crippen LogP) is 3.45. The molecule has 0 amide bonds. The third-order valence-electron chi connectivity index (χ3n) is 3.40. The first-order valence-corrected chi connectivity index (χ1v) is 7.16. The van der Waals surface area contributed by atoms with Gasteiger partial charge in [0.2, 0.25) is 0 Å². The number of benzene rings is 1. The quantitative estimate of drug-likeness (QED) is 0.849. The summed E-state index contributed by atoms with van der Waals surface area (Å²) in [6.45, 7) is 3.24. The highest BCUT2D eigenvalue weighted by Gasteiger charge is 2.17. The Morgan fingerprint density at radius 3 is 2.11 bits per heavy atom. The van der Waals surface area contributed by atoms with Crippen LogP contribution in [0, 0.1) is 0 Å². The molecule has 0 spiro atoms. The molecular weight excluding hydrogens is 294 g/mol. The number of hydrogen-bond acceptors (Lipinski definition) is 3. The summed E-state index contributed by atoms with van der Waals surface area (Å²) in [6, 6.07) is 4.00. The lowest BCUT2D eigenvalue weighted by molar-refractivity contribution is 0.215. The molecule has 1 aromatic rings. The molecule has 0 atom stereocenters. The highest BCUT2D eigenvalue weighted by atomic mass is 79.9. The van der Waals surface area contributed by atoms with Crippen LogP contribution in [-0.4, -0.2) is 32.2 Å². The fourth-order valence-electron chi connectivity index (χ4n) is 2.45. The van der Waals surface area contributed by atoms with Crippen LogP contribution < -0.4 is 9.47 Å². The Labute approximate surface area is 117 Å². The lowest BCUT2D eigenvalue weighted by Crippen LogP contribution is -2.29. The van der Waals surface area contributed by atoms with Crippen LogP contribution in [0.4, 0.5) is 0 Å². The van der Waals surface area contributed by atoms with Crippen LogP contribution in [0.3, 0.4) is 0 Å². The maximum Gasteiger partial charge on any atom is 0.128 e. The fourth-order valence-corrected chi connectivity index (χ4v) is 2.86. The maximum atomic E-state index is 5.47. The van der Waals surface area contributed by atoms with Gasteiger partial charge in [-0.05, 0) is 38.1 Å². The first-order chi connectivity index (χ1) is 8.74. The second-order valence-electron chi connectivity index (χ2n) is 4.63. The van der Waals surface area contributed by atoms with Crippen LogP contribution in [0.25, 0.3) is 0 Å². The van der Waals surface area contributed by atoms with Crippen LogP contribution in [0.15, 0.2) is 16.6 Å². The lowest BCUT2D eigenvalue weighted by Gasteiger charge is -2.27. The molecule has 4 heteroatoms. The summed E-state index contributed by atoms with van der Waals surface area (Å²) in [5, 5.41) is 0. The van der Waals surface area contributed by atoms with Gasteiger partial charge in [0, 0.05) is 11.0 Å². The van der Waals surface area contributed by atoms with Gasteiger partial charge in [-0.1, -0.05) is 22.4 Å². The monoisotopic (exact) mass is 313 g/mol. The number of ether oxygens (including phenoxy) is 2. The molecule has 100 valence electrons. The molecule has 1 saturated heterocycles. The molecule has 0 unspecified atom stereocenters. The average molecular weight is 314 g/mol. The first-order valence-electron chi connectivity index (χ1n) is 6.37. The van der Waals surface area contributed by atoms with Crippen LogP contribution in [-0.2, 0) is 6.54 Å². The van der Waals surface area contributed by atoms with Crippen molar-refractivity contribution in [1.82, 2.24) is 4.90 Å². The Morgan fingerprint density at radius 1 is 1.06 bits per heavy atom. The third kappa shape index (κ3) is 3.18. The molecule has 1 heterocycles. The van der Waals surface area contributed by atoms with Crippen molar-refractivity contribution in [3.63, 3.8) is 0 Å². The van der Waals surface area contributed by atoms with Crippen molar-refractivity contribution in [2.45, 2.75) is 25.8 Å². The van der Waals surface area contributed by atoms with Crippen molar-refractivity contribution in [2.24, 2.45) is 0 Å². The molecule has 1 aromatic carbocycles. The van der Waals surface area contributed by atoms with E-state index in [-0.39, 0.29) is 0 Å². The predicted molar refractivity (Wildman–Crippen MR) is 76.4 cm³/mol. The summed E-state index contributed by atoms with van der Waals surface area (Å²) in [4.78, 5) is 2.47. The Kier molecular flexibility index (Phi) is 4.89. The molecule has 0 bridgehead atoms. The van der Waals surface area contributed by atoms with Gasteiger partial charge in [0.05, 0.1) is 19.8 Å². The zero-order chi connectivity index (χ0) is 13.0. The van der Waals surface area contributed by atoms with E-state index >= 15 is 0 Å². The zero-order valence-corrected chi connectivity index (χ0v) is 12.6. The fraction of sp³-hybridized carbons (Fsp3) is 0.571. The molecule has 0 radical (unpaired) electrons. The molecule has 0 aromatic heterocycles. The Balaban J connectivity index is 2.23. The van der Waals surface area contributed by atoms with E-state index in [4.69, 9.17) is 9.47 Å². The number of methoxy groups -OCH3 is 2. The SMILES string of the molecule is COc1cc(Br)cc(OC)c1CN1CCCCC1. The largest absolute Gasteiger partial charge is 0.496 e. The van der Waals surface area contributed by atoms with Gasteiger partial charge in [0.15, 0.2) is 0 Å². The number of piperidine rings is 1. The minimum atomic E-state index is 0.895. The van der Waals surface area contributed by atoms with E-state index in [0.29, 0.717) is 0 Å². The van der Waals surface area contributed by atoms with E-state index in [1.165, 1.54) is 32.4 Å². The van der Waals surface area contributed by atoms with Gasteiger partial charge in [-0.3, -0.25) is 4.90 Å². The minimum Gasteiger partial charge on any atom is -0.496 e. The van der Waals surface area contributed by atoms with E-state index < -0.39 is 0 Å². The zero-order valence-electron chi connectivity index (χ0n) is 11.0. The van der Waals surface area contributed by atoms with E-state index in [1.54, 1.807) is 14.2 Å². The number of nitrogens with zero attached hydrogens (tertiary/aromatic N) is 1. The van der Waals surface area contributed by atoms with E-state index in [0.717, 1.165) is 28.1 Å². The third-order valence-corrected chi connectivity index (χ3v) is 3.86. The van der Waals surface area contributed by atoms with Crippen LogP contribution in [0.2, 0.25) is 0 Å². The van der Waals surface area contributed by atoms with Crippen LogP contribution in [0.5, 0.6) is 11.5 Å². The molecule has 0 aliphatic carbocycles. The van der Waals surface area contributed by atoms with Gasteiger partial charge in [-0.25, -0.2) is 0 Å². The second kappa shape index (κ2) is 6.43. The first kappa shape index (κ1) is 13.7. The number of halogens is 1. The molecule has 1 aliphatic heterocycles.